The van der Waals surface area contributed by atoms with E-state index in [1.54, 1.807) is 17.0 Å². The van der Waals surface area contributed by atoms with Crippen LogP contribution in [-0.4, -0.2) is 28.7 Å². The molecule has 4 nitrogen and oxygen atoms in total. The lowest BCUT2D eigenvalue weighted by atomic mass is 9.89. The summed E-state index contributed by atoms with van der Waals surface area (Å²) in [4.78, 5) is 27.5. The maximum absolute atomic E-state index is 13.1. The van der Waals surface area contributed by atoms with Crippen molar-refractivity contribution in [3.8, 4) is 0 Å². The van der Waals surface area contributed by atoms with Gasteiger partial charge in [-0.25, -0.2) is 0 Å². The van der Waals surface area contributed by atoms with Crippen LogP contribution in [0.1, 0.15) is 21.5 Å². The standard InChI is InChI=1S/C24H21NO3/c26-22(20-14-8-3-9-15-20)21-23(28-17-19-12-6-2-7-13-19)24(27)25(21)16-18-10-4-1-5-11-18/h1-15,21,23H,16-17H2/t21-,23+/m0/s1. The van der Waals surface area contributed by atoms with Crippen LogP contribution in [0.4, 0.5) is 0 Å². The van der Waals surface area contributed by atoms with Gasteiger partial charge in [0.2, 0.25) is 0 Å². The van der Waals surface area contributed by atoms with Gasteiger partial charge < -0.3 is 9.64 Å². The van der Waals surface area contributed by atoms with Gasteiger partial charge in [-0.05, 0) is 11.1 Å². The van der Waals surface area contributed by atoms with E-state index in [-0.39, 0.29) is 11.7 Å². The van der Waals surface area contributed by atoms with E-state index in [9.17, 15) is 9.59 Å². The highest BCUT2D eigenvalue weighted by atomic mass is 16.5. The van der Waals surface area contributed by atoms with Crippen molar-refractivity contribution in [3.63, 3.8) is 0 Å². The van der Waals surface area contributed by atoms with Crippen LogP contribution in [-0.2, 0) is 22.7 Å². The van der Waals surface area contributed by atoms with Crippen molar-refractivity contribution in [2.75, 3.05) is 0 Å². The first-order valence-corrected chi connectivity index (χ1v) is 9.33. The number of β-lactam (4-membered cyclic amide) rings is 1. The highest BCUT2D eigenvalue weighted by Crippen LogP contribution is 2.29. The van der Waals surface area contributed by atoms with Crippen molar-refractivity contribution in [1.82, 2.24) is 4.90 Å². The van der Waals surface area contributed by atoms with Crippen LogP contribution in [0.3, 0.4) is 0 Å². The minimum atomic E-state index is -0.753. The normalized spacial score (nSPS) is 18.6. The Morgan fingerprint density at radius 2 is 1.32 bits per heavy atom. The summed E-state index contributed by atoms with van der Waals surface area (Å²) in [5.41, 5.74) is 2.55. The van der Waals surface area contributed by atoms with Gasteiger partial charge in [0, 0.05) is 12.1 Å². The predicted octanol–water partition coefficient (Wildman–Crippen LogP) is 3.87. The van der Waals surface area contributed by atoms with Crippen molar-refractivity contribution in [3.05, 3.63) is 108 Å². The zero-order valence-electron chi connectivity index (χ0n) is 15.4. The molecule has 3 aromatic carbocycles. The molecule has 0 saturated carbocycles. The van der Waals surface area contributed by atoms with E-state index in [4.69, 9.17) is 4.74 Å². The van der Waals surface area contributed by atoms with E-state index in [0.29, 0.717) is 18.7 Å². The zero-order chi connectivity index (χ0) is 19.3. The SMILES string of the molecule is O=C(c1ccccc1)[C@H]1[C@@H](OCc2ccccc2)C(=O)N1Cc1ccccc1. The Balaban J connectivity index is 1.54. The maximum atomic E-state index is 13.1. The fraction of sp³-hybridized carbons (Fsp3) is 0.167. The molecule has 1 aliphatic heterocycles. The summed E-state index contributed by atoms with van der Waals surface area (Å²) in [5, 5.41) is 0. The molecule has 1 saturated heterocycles. The first kappa shape index (κ1) is 18.1. The molecular weight excluding hydrogens is 350 g/mol. The van der Waals surface area contributed by atoms with E-state index in [2.05, 4.69) is 0 Å². The highest BCUT2D eigenvalue weighted by molar-refractivity contribution is 6.09. The Kier molecular flexibility index (Phi) is 5.31. The first-order chi connectivity index (χ1) is 13.7. The molecule has 0 radical (unpaired) electrons. The van der Waals surface area contributed by atoms with Crippen molar-refractivity contribution >= 4 is 11.7 Å². The molecule has 140 valence electrons. The summed E-state index contributed by atoms with van der Waals surface area (Å²) in [5.74, 6) is -0.233. The Bertz CT molecular complexity index is 941. The van der Waals surface area contributed by atoms with Crippen LogP contribution in [0.2, 0.25) is 0 Å². The molecule has 0 N–H and O–H groups in total. The molecule has 4 heteroatoms. The third-order valence-electron chi connectivity index (χ3n) is 4.94. The van der Waals surface area contributed by atoms with Gasteiger partial charge in [-0.3, -0.25) is 9.59 Å². The number of hydrogen-bond acceptors (Lipinski definition) is 3. The fourth-order valence-electron chi connectivity index (χ4n) is 3.45. The Morgan fingerprint density at radius 3 is 1.93 bits per heavy atom. The van der Waals surface area contributed by atoms with Gasteiger partial charge in [-0.15, -0.1) is 0 Å². The van der Waals surface area contributed by atoms with Crippen LogP contribution in [0.15, 0.2) is 91.0 Å². The maximum Gasteiger partial charge on any atom is 0.255 e. The Hall–Kier alpha value is -3.24. The third kappa shape index (κ3) is 3.73. The van der Waals surface area contributed by atoms with E-state index in [0.717, 1.165) is 11.1 Å². The minimum absolute atomic E-state index is 0.0887. The van der Waals surface area contributed by atoms with Gasteiger partial charge >= 0.3 is 0 Å². The van der Waals surface area contributed by atoms with Crippen molar-refractivity contribution < 1.29 is 14.3 Å². The monoisotopic (exact) mass is 371 g/mol. The number of likely N-dealkylation sites (tertiary alicyclic amines) is 1. The smallest absolute Gasteiger partial charge is 0.255 e. The molecule has 0 unspecified atom stereocenters. The van der Waals surface area contributed by atoms with Gasteiger partial charge in [0.25, 0.3) is 5.91 Å². The largest absolute Gasteiger partial charge is 0.361 e. The van der Waals surface area contributed by atoms with Crippen LogP contribution in [0.5, 0.6) is 0 Å². The van der Waals surface area contributed by atoms with Crippen LogP contribution < -0.4 is 0 Å². The van der Waals surface area contributed by atoms with Crippen molar-refractivity contribution in [1.29, 1.82) is 0 Å². The minimum Gasteiger partial charge on any atom is -0.361 e. The second kappa shape index (κ2) is 8.19. The number of rotatable bonds is 7. The molecule has 2 atom stereocenters. The number of carbonyl (C=O) groups is 2. The molecular formula is C24H21NO3. The molecule has 0 spiro atoms. The molecule has 0 aromatic heterocycles. The number of nitrogens with zero attached hydrogens (tertiary/aromatic N) is 1. The zero-order valence-corrected chi connectivity index (χ0v) is 15.4. The second-order valence-electron chi connectivity index (χ2n) is 6.84. The van der Waals surface area contributed by atoms with Crippen molar-refractivity contribution in [2.45, 2.75) is 25.3 Å². The third-order valence-corrected chi connectivity index (χ3v) is 4.94. The topological polar surface area (TPSA) is 46.6 Å². The van der Waals surface area contributed by atoms with Gasteiger partial charge in [0.05, 0.1) is 6.61 Å². The molecule has 1 amide bonds. The lowest BCUT2D eigenvalue weighted by molar-refractivity contribution is -0.172. The fourth-order valence-corrected chi connectivity index (χ4v) is 3.45. The van der Waals surface area contributed by atoms with Crippen LogP contribution in [0, 0.1) is 0 Å². The number of ketones is 1. The number of carbonyl (C=O) groups excluding carboxylic acids is 2. The lowest BCUT2D eigenvalue weighted by Gasteiger charge is -2.45. The summed E-state index contributed by atoms with van der Waals surface area (Å²) in [6, 6.07) is 27.8. The molecule has 1 aliphatic rings. The number of hydrogen-bond donors (Lipinski definition) is 0. The summed E-state index contributed by atoms with van der Waals surface area (Å²) >= 11 is 0. The molecule has 0 aliphatic carbocycles. The number of benzene rings is 3. The lowest BCUT2D eigenvalue weighted by Crippen LogP contribution is -2.68. The van der Waals surface area contributed by atoms with Crippen LogP contribution >= 0.6 is 0 Å². The van der Waals surface area contributed by atoms with Gasteiger partial charge in [-0.1, -0.05) is 91.0 Å². The summed E-state index contributed by atoms with van der Waals surface area (Å²) in [7, 11) is 0. The average Bonchev–Trinajstić information content (AvgIpc) is 2.76. The molecule has 1 fully saturated rings. The van der Waals surface area contributed by atoms with Crippen molar-refractivity contribution in [2.24, 2.45) is 0 Å². The van der Waals surface area contributed by atoms with E-state index in [1.807, 2.05) is 78.9 Å². The highest BCUT2D eigenvalue weighted by Gasteiger charge is 2.52. The molecule has 3 aromatic rings. The molecule has 0 bridgehead atoms. The number of amides is 1. The summed E-state index contributed by atoms with van der Waals surface area (Å²) < 4.78 is 5.89. The number of Topliss-reactive ketones (excluding diaryl/α,β-unsaturated/α-hetero) is 1. The first-order valence-electron chi connectivity index (χ1n) is 9.33. The number of ether oxygens (including phenoxy) is 1. The predicted molar refractivity (Wildman–Crippen MR) is 107 cm³/mol. The summed E-state index contributed by atoms with van der Waals surface area (Å²) in [6.07, 6.45) is -0.753. The quantitative estimate of drug-likeness (QED) is 0.468. The van der Waals surface area contributed by atoms with E-state index in [1.165, 1.54) is 0 Å². The van der Waals surface area contributed by atoms with Gasteiger partial charge in [0.15, 0.2) is 11.9 Å². The van der Waals surface area contributed by atoms with Crippen LogP contribution in [0.25, 0.3) is 0 Å². The molecule has 1 heterocycles. The Morgan fingerprint density at radius 1 is 0.786 bits per heavy atom. The van der Waals surface area contributed by atoms with Gasteiger partial charge in [0.1, 0.15) is 6.04 Å². The molecule has 28 heavy (non-hydrogen) atoms. The van der Waals surface area contributed by atoms with Gasteiger partial charge in [-0.2, -0.15) is 0 Å². The molecule has 4 rings (SSSR count). The van der Waals surface area contributed by atoms with E-state index >= 15 is 0 Å². The van der Waals surface area contributed by atoms with E-state index < -0.39 is 12.1 Å². The Labute approximate surface area is 164 Å². The second-order valence-corrected chi connectivity index (χ2v) is 6.84. The summed E-state index contributed by atoms with van der Waals surface area (Å²) in [6.45, 7) is 0.698. The average molecular weight is 371 g/mol.